The summed E-state index contributed by atoms with van der Waals surface area (Å²) in [6.07, 6.45) is 12.2. The monoisotopic (exact) mass is 699 g/mol. The molecule has 0 saturated carbocycles. The molecule has 264 valence electrons. The van der Waals surface area contributed by atoms with Gasteiger partial charge >= 0.3 is 35.0 Å². The van der Waals surface area contributed by atoms with Crippen LogP contribution in [0.25, 0.3) is 41.0 Å². The fourth-order valence-electron chi connectivity index (χ4n) is 7.77. The van der Waals surface area contributed by atoms with Crippen LogP contribution in [0.5, 0.6) is 0 Å². The summed E-state index contributed by atoms with van der Waals surface area (Å²) in [6.45, 7) is 18.7. The molecule has 0 spiro atoms. The Labute approximate surface area is 315 Å². The number of H-pyrrole nitrogens is 1. The summed E-state index contributed by atoms with van der Waals surface area (Å²) < 4.78 is 10.8. The average molecular weight is 700 g/mol. The van der Waals surface area contributed by atoms with Crippen LogP contribution in [0.2, 0.25) is 0 Å². The van der Waals surface area contributed by atoms with Crippen molar-refractivity contribution in [1.29, 1.82) is 0 Å². The molecule has 4 atom stereocenters. The molecule has 1 aliphatic carbocycles. The van der Waals surface area contributed by atoms with E-state index in [1.165, 1.54) is 7.11 Å². The van der Waals surface area contributed by atoms with Crippen molar-refractivity contribution in [1.82, 2.24) is 15.0 Å². The Balaban J connectivity index is 0.00000504. The van der Waals surface area contributed by atoms with Gasteiger partial charge in [-0.1, -0.05) is 80.0 Å². The van der Waals surface area contributed by atoms with E-state index in [4.69, 9.17) is 24.8 Å². The van der Waals surface area contributed by atoms with Crippen molar-refractivity contribution < 1.29 is 24.2 Å². The smallest absolute Gasteiger partial charge is 0.681 e. The van der Waals surface area contributed by atoms with E-state index in [0.29, 0.717) is 28.3 Å². The molecule has 9 nitrogen and oxygen atoms in total. The van der Waals surface area contributed by atoms with Gasteiger partial charge in [-0.2, -0.15) is 5.70 Å². The number of carbonyl (C=O) groups is 2. The van der Waals surface area contributed by atoms with E-state index in [1.807, 2.05) is 45.1 Å². The number of allylic oxidation sites excluding steroid dienone is 2. The van der Waals surface area contributed by atoms with E-state index in [2.05, 4.69) is 45.3 Å². The predicted molar refractivity (Wildman–Crippen MR) is 202 cm³/mol. The quantitative estimate of drug-likeness (QED) is 0.196. The normalized spacial score (nSPS) is 22.9. The third-order valence-electron chi connectivity index (χ3n) is 11.0. The molecule has 3 aromatic rings. The molecule has 1 unspecified atom stereocenters. The minimum absolute atomic E-state index is 0. The number of fused-ring (bicyclic) bond motifs is 8. The van der Waals surface area contributed by atoms with Gasteiger partial charge in [-0.15, -0.1) is 22.4 Å². The zero-order valence-corrected chi connectivity index (χ0v) is 32.5. The van der Waals surface area contributed by atoms with Crippen molar-refractivity contribution in [2.75, 3.05) is 13.7 Å². The molecule has 10 heteroatoms. The minimum Gasteiger partial charge on any atom is -0.681 e. The summed E-state index contributed by atoms with van der Waals surface area (Å²) in [5, 5.41) is 20.0. The van der Waals surface area contributed by atoms with Crippen molar-refractivity contribution >= 4 is 70.6 Å². The number of aliphatic hydroxyl groups excluding tert-OH is 1. The number of aromatic nitrogens is 3. The number of aromatic amines is 1. The maximum atomic E-state index is 13.5. The summed E-state index contributed by atoms with van der Waals surface area (Å²) >= 11 is 0. The first-order valence-electron chi connectivity index (χ1n) is 17.6. The van der Waals surface area contributed by atoms with E-state index in [1.54, 1.807) is 0 Å². The van der Waals surface area contributed by atoms with Gasteiger partial charge in [0, 0.05) is 22.3 Å². The summed E-state index contributed by atoms with van der Waals surface area (Å²) in [5.74, 6) is -2.31. The maximum Gasteiger partial charge on any atom is 2.00 e. The molecule has 0 amide bonds. The average Bonchev–Trinajstić information content (AvgIpc) is 3.84. The van der Waals surface area contributed by atoms with Crippen LogP contribution in [0.15, 0.2) is 23.9 Å². The van der Waals surface area contributed by atoms with Crippen LogP contribution in [-0.2, 0) is 25.5 Å². The first kappa shape index (κ1) is 38.1. The number of methoxy groups -OCH3 is 1. The molecule has 3 aliphatic rings. The number of nitrogens with one attached hydrogen (secondary N) is 1. The Bertz CT molecular complexity index is 2210. The number of hydrogen-bond acceptors (Lipinski definition) is 5. The first-order chi connectivity index (χ1) is 23.9. The van der Waals surface area contributed by atoms with Crippen molar-refractivity contribution in [3.8, 4) is 0 Å². The maximum absolute atomic E-state index is 13.5. The number of nitrogens with zero attached hydrogens (tertiary/aromatic N) is 3. The van der Waals surface area contributed by atoms with Crippen molar-refractivity contribution in [3.63, 3.8) is 0 Å². The summed E-state index contributed by atoms with van der Waals surface area (Å²) in [5.41, 5.74) is 9.86. The van der Waals surface area contributed by atoms with E-state index in [0.717, 1.165) is 74.0 Å². The van der Waals surface area contributed by atoms with Crippen LogP contribution in [0.3, 0.4) is 0 Å². The van der Waals surface area contributed by atoms with Gasteiger partial charge in [0.1, 0.15) is 18.3 Å². The molecule has 6 rings (SSSR count). The van der Waals surface area contributed by atoms with Gasteiger partial charge in [-0.25, -0.2) is 0 Å². The fourth-order valence-corrected chi connectivity index (χ4v) is 7.77. The van der Waals surface area contributed by atoms with Crippen LogP contribution < -0.4 is 31.2 Å². The van der Waals surface area contributed by atoms with Crippen molar-refractivity contribution in [2.24, 2.45) is 17.8 Å². The second-order valence-corrected chi connectivity index (χ2v) is 13.7. The molecule has 2 aliphatic heterocycles. The Morgan fingerprint density at radius 2 is 1.73 bits per heavy atom. The van der Waals surface area contributed by atoms with Crippen LogP contribution in [0, 0.1) is 38.5 Å². The Morgan fingerprint density at radius 3 is 2.39 bits per heavy atom. The van der Waals surface area contributed by atoms with Gasteiger partial charge in [0.15, 0.2) is 0 Å². The number of esters is 2. The van der Waals surface area contributed by atoms with E-state index in [-0.39, 0.29) is 59.6 Å². The van der Waals surface area contributed by atoms with Crippen LogP contribution in [0.1, 0.15) is 91.9 Å². The predicted octanol–water partition coefficient (Wildman–Crippen LogP) is 4.00. The number of ether oxygens (including phenoxy) is 2. The molecule has 0 radical (unpaired) electrons. The number of rotatable bonds is 9. The molecule has 0 aromatic carbocycles. The zero-order valence-electron chi connectivity index (χ0n) is 31.1. The third-order valence-corrected chi connectivity index (χ3v) is 11.0. The Morgan fingerprint density at radius 1 is 1.02 bits per heavy atom. The molecular formula is C41H47MgN4O5-. The second kappa shape index (κ2) is 15.2. The molecule has 8 bridgehead atoms. The zero-order chi connectivity index (χ0) is 36.0. The van der Waals surface area contributed by atoms with Crippen LogP contribution in [-0.4, -0.2) is 64.8 Å². The molecule has 5 heterocycles. The first-order valence-corrected chi connectivity index (χ1v) is 17.6. The molecule has 1 saturated heterocycles. The summed E-state index contributed by atoms with van der Waals surface area (Å²) in [4.78, 5) is 40.2. The van der Waals surface area contributed by atoms with Gasteiger partial charge in [0.05, 0.1) is 7.11 Å². The van der Waals surface area contributed by atoms with E-state index in [9.17, 15) is 14.7 Å². The standard InChI is InChI=1S/C41H47N4O5.Mg/c1-10-20(4)15-16-50-34(46)14-13-27-23(7)30-17-28-21(5)25(11-2)32(42-28)18-29-22(6)26(12-3)33(43-29)19-31-24(8)35-39(45-31)36(38(27)44-30)37(40(35)47)41(48)49-9;/h11,15,17-19,23,27,37-38,43,47H,2,10,12-14,16H2,1,3-9H3;/q-3;+2/b20-15+,29-18-,30-17-,33-19-;/t23-,27-,37+,38?;/m0./s1. The number of carbonyl (C=O) groups excluding carboxylic acids is 2. The van der Waals surface area contributed by atoms with E-state index >= 15 is 0 Å². The molecule has 1 fully saturated rings. The Kier molecular flexibility index (Phi) is 11.4. The minimum atomic E-state index is -1.06. The van der Waals surface area contributed by atoms with E-state index < -0.39 is 17.9 Å². The molecule has 51 heavy (non-hydrogen) atoms. The van der Waals surface area contributed by atoms with Crippen LogP contribution in [0.4, 0.5) is 0 Å². The van der Waals surface area contributed by atoms with Gasteiger partial charge in [-0.3, -0.25) is 9.59 Å². The van der Waals surface area contributed by atoms with Crippen molar-refractivity contribution in [3.05, 3.63) is 95.4 Å². The van der Waals surface area contributed by atoms with Gasteiger partial charge < -0.3 is 34.8 Å². The second-order valence-electron chi connectivity index (χ2n) is 13.7. The largest absolute Gasteiger partial charge is 2.00 e. The number of hydrogen-bond donors (Lipinski definition) is 2. The van der Waals surface area contributed by atoms with Gasteiger partial charge in [0.2, 0.25) is 0 Å². The number of aliphatic hydroxyl groups is 1. The van der Waals surface area contributed by atoms with Crippen LogP contribution >= 0.6 is 0 Å². The molecular weight excluding hydrogens is 653 g/mol. The fraction of sp³-hybridized carbons (Fsp3) is 0.415. The molecule has 2 N–H and O–H groups in total. The summed E-state index contributed by atoms with van der Waals surface area (Å²) in [7, 11) is 1.32. The van der Waals surface area contributed by atoms with Crippen molar-refractivity contribution in [2.45, 2.75) is 80.2 Å². The molecule has 3 aromatic heterocycles. The summed E-state index contributed by atoms with van der Waals surface area (Å²) in [6, 6.07) is -0.556. The van der Waals surface area contributed by atoms with Gasteiger partial charge in [0.25, 0.3) is 0 Å². The SMILES string of the molecule is C=Cc1c2[n-]c(c1C)/C=C1\[N-]C(C3=c4[n-]c(c(C)c4=C(O)[C@@H]3C(=O)OC)/C=c3\[nH]/c(c(C)c3CC)=C\2)[C@@H](CCC(=O)OC/C=C(\C)CC)[C@@H]1C.[Mg+2]. The topological polar surface area (TPSA) is 131 Å². The van der Waals surface area contributed by atoms with Gasteiger partial charge in [-0.05, 0) is 81.6 Å². The Hall–Kier alpha value is -4.15. The third kappa shape index (κ3) is 6.68.